The van der Waals surface area contributed by atoms with E-state index in [-0.39, 0.29) is 6.10 Å². The average molecular weight is 145 g/mol. The second-order valence-corrected chi connectivity index (χ2v) is 2.20. The van der Waals surface area contributed by atoms with Crippen LogP contribution in [0.5, 0.6) is 0 Å². The highest BCUT2D eigenvalue weighted by atomic mass is 16.6. The van der Waals surface area contributed by atoms with Gasteiger partial charge >= 0.3 is 0 Å². The van der Waals surface area contributed by atoms with Crippen LogP contribution in [0.1, 0.15) is 0 Å². The van der Waals surface area contributed by atoms with E-state index in [4.69, 9.17) is 15.2 Å². The first-order valence-corrected chi connectivity index (χ1v) is 3.25. The fourth-order valence-electron chi connectivity index (χ4n) is 0.816. The summed E-state index contributed by atoms with van der Waals surface area (Å²) in [7, 11) is 0. The van der Waals surface area contributed by atoms with E-state index in [0.29, 0.717) is 26.1 Å². The van der Waals surface area contributed by atoms with Gasteiger partial charge in [0.2, 0.25) is 0 Å². The lowest BCUT2D eigenvalue weighted by Gasteiger charge is -2.24. The molecule has 58 valence electrons. The van der Waals surface area contributed by atoms with Gasteiger partial charge in [-0.2, -0.15) is 0 Å². The van der Waals surface area contributed by atoms with Crippen molar-refractivity contribution in [3.63, 3.8) is 0 Å². The highest BCUT2D eigenvalue weighted by Crippen LogP contribution is 2.01. The van der Waals surface area contributed by atoms with E-state index >= 15 is 0 Å². The Morgan fingerprint density at radius 3 is 2.90 bits per heavy atom. The summed E-state index contributed by atoms with van der Waals surface area (Å²) in [6.07, 6.45) is 0.436. The van der Waals surface area contributed by atoms with Crippen molar-refractivity contribution in [2.75, 3.05) is 19.8 Å². The molecule has 0 aromatic carbocycles. The van der Waals surface area contributed by atoms with Crippen LogP contribution in [-0.2, 0) is 14.3 Å². The van der Waals surface area contributed by atoms with E-state index in [1.165, 1.54) is 0 Å². The molecular formula is C6H11NO3. The van der Waals surface area contributed by atoms with Crippen LogP contribution in [0.2, 0.25) is 0 Å². The van der Waals surface area contributed by atoms with Crippen LogP contribution in [0.3, 0.4) is 0 Å². The molecule has 2 N–H and O–H groups in total. The molecule has 2 unspecified atom stereocenters. The van der Waals surface area contributed by atoms with E-state index in [1.807, 2.05) is 0 Å². The SMILES string of the molecule is NC(C=O)C1COCCO1. The molecule has 0 amide bonds. The van der Waals surface area contributed by atoms with Crippen molar-refractivity contribution >= 4 is 6.29 Å². The molecule has 2 atom stereocenters. The van der Waals surface area contributed by atoms with Crippen LogP contribution in [0.15, 0.2) is 0 Å². The normalized spacial score (nSPS) is 29.5. The number of carbonyl (C=O) groups is 1. The predicted molar refractivity (Wildman–Crippen MR) is 34.6 cm³/mol. The van der Waals surface area contributed by atoms with Crippen molar-refractivity contribution in [2.24, 2.45) is 5.73 Å². The van der Waals surface area contributed by atoms with Gasteiger partial charge in [-0.1, -0.05) is 0 Å². The molecule has 0 aromatic rings. The monoisotopic (exact) mass is 145 g/mol. The van der Waals surface area contributed by atoms with Gasteiger partial charge in [-0.15, -0.1) is 0 Å². The molecule has 1 aliphatic heterocycles. The Kier molecular flexibility index (Phi) is 2.80. The minimum Gasteiger partial charge on any atom is -0.376 e. The lowest BCUT2D eigenvalue weighted by molar-refractivity contribution is -0.122. The summed E-state index contributed by atoms with van der Waals surface area (Å²) >= 11 is 0. The summed E-state index contributed by atoms with van der Waals surface area (Å²) in [5.41, 5.74) is 5.37. The minimum atomic E-state index is -0.541. The zero-order valence-electron chi connectivity index (χ0n) is 5.66. The van der Waals surface area contributed by atoms with Crippen LogP contribution in [0.4, 0.5) is 0 Å². The lowest BCUT2D eigenvalue weighted by atomic mass is 10.2. The Bertz CT molecular complexity index is 112. The lowest BCUT2D eigenvalue weighted by Crippen LogP contribution is -2.44. The van der Waals surface area contributed by atoms with Gasteiger partial charge in [0.25, 0.3) is 0 Å². The van der Waals surface area contributed by atoms with Gasteiger partial charge in [0, 0.05) is 0 Å². The second-order valence-electron chi connectivity index (χ2n) is 2.20. The fraction of sp³-hybridized carbons (Fsp3) is 0.833. The first-order valence-electron chi connectivity index (χ1n) is 3.25. The van der Waals surface area contributed by atoms with Crippen molar-refractivity contribution in [2.45, 2.75) is 12.1 Å². The molecule has 0 radical (unpaired) electrons. The molecule has 4 nitrogen and oxygen atoms in total. The van der Waals surface area contributed by atoms with E-state index in [1.54, 1.807) is 0 Å². The summed E-state index contributed by atoms with van der Waals surface area (Å²) in [4.78, 5) is 10.1. The number of ether oxygens (including phenoxy) is 2. The Balaban J connectivity index is 2.30. The molecule has 0 spiro atoms. The van der Waals surface area contributed by atoms with Crippen LogP contribution in [0.25, 0.3) is 0 Å². The number of rotatable bonds is 2. The molecule has 1 rings (SSSR count). The molecular weight excluding hydrogens is 134 g/mol. The van der Waals surface area contributed by atoms with Crippen LogP contribution < -0.4 is 5.73 Å². The minimum absolute atomic E-state index is 0.244. The summed E-state index contributed by atoms with van der Waals surface area (Å²) in [6.45, 7) is 1.56. The van der Waals surface area contributed by atoms with Crippen molar-refractivity contribution in [1.82, 2.24) is 0 Å². The van der Waals surface area contributed by atoms with E-state index in [2.05, 4.69) is 0 Å². The molecule has 1 fully saturated rings. The van der Waals surface area contributed by atoms with E-state index in [0.717, 1.165) is 0 Å². The van der Waals surface area contributed by atoms with Crippen molar-refractivity contribution in [3.05, 3.63) is 0 Å². The highest BCUT2D eigenvalue weighted by molar-refractivity contribution is 5.58. The maximum atomic E-state index is 10.1. The number of hydrogen-bond donors (Lipinski definition) is 1. The van der Waals surface area contributed by atoms with Crippen molar-refractivity contribution in [1.29, 1.82) is 0 Å². The molecule has 1 saturated heterocycles. The third-order valence-corrected chi connectivity index (χ3v) is 1.43. The van der Waals surface area contributed by atoms with Gasteiger partial charge in [0.05, 0.1) is 25.9 Å². The predicted octanol–water partition coefficient (Wildman–Crippen LogP) is -1.07. The quantitative estimate of drug-likeness (QED) is 0.502. The van der Waals surface area contributed by atoms with E-state index < -0.39 is 6.04 Å². The standard InChI is InChI=1S/C6H11NO3/c7-5(3-8)6-4-9-1-2-10-6/h3,5-6H,1-2,4,7H2. The fourth-order valence-corrected chi connectivity index (χ4v) is 0.816. The number of nitrogens with two attached hydrogens (primary N) is 1. The van der Waals surface area contributed by atoms with E-state index in [9.17, 15) is 4.79 Å². The summed E-state index contributed by atoms with van der Waals surface area (Å²) in [6, 6.07) is -0.541. The average Bonchev–Trinajstić information content (AvgIpc) is 2.05. The number of hydrogen-bond acceptors (Lipinski definition) is 4. The van der Waals surface area contributed by atoms with Gasteiger partial charge in [-0.25, -0.2) is 0 Å². The maximum Gasteiger partial charge on any atom is 0.139 e. The maximum absolute atomic E-state index is 10.1. The van der Waals surface area contributed by atoms with Gasteiger partial charge in [0.15, 0.2) is 0 Å². The molecule has 0 saturated carbocycles. The van der Waals surface area contributed by atoms with Crippen molar-refractivity contribution in [3.8, 4) is 0 Å². The third kappa shape index (κ3) is 1.76. The van der Waals surface area contributed by atoms with Gasteiger partial charge < -0.3 is 20.0 Å². The van der Waals surface area contributed by atoms with Gasteiger partial charge in [-0.3, -0.25) is 0 Å². The Labute approximate surface area is 59.3 Å². The van der Waals surface area contributed by atoms with Crippen LogP contribution in [-0.4, -0.2) is 38.3 Å². The topological polar surface area (TPSA) is 61.6 Å². The Morgan fingerprint density at radius 1 is 1.60 bits per heavy atom. The van der Waals surface area contributed by atoms with Gasteiger partial charge in [-0.05, 0) is 0 Å². The summed E-state index contributed by atoms with van der Waals surface area (Å²) in [5, 5.41) is 0. The zero-order chi connectivity index (χ0) is 7.40. The number of aldehydes is 1. The largest absolute Gasteiger partial charge is 0.376 e. The first-order chi connectivity index (χ1) is 4.84. The second kappa shape index (κ2) is 3.65. The number of carbonyl (C=O) groups excluding carboxylic acids is 1. The molecule has 0 aromatic heterocycles. The highest BCUT2D eigenvalue weighted by Gasteiger charge is 2.20. The molecule has 0 bridgehead atoms. The Hall–Kier alpha value is -0.450. The summed E-state index contributed by atoms with van der Waals surface area (Å²) < 4.78 is 10.2. The zero-order valence-corrected chi connectivity index (χ0v) is 5.66. The molecule has 0 aliphatic carbocycles. The molecule has 1 aliphatic rings. The first kappa shape index (κ1) is 7.65. The summed E-state index contributed by atoms with van der Waals surface area (Å²) in [5.74, 6) is 0. The molecule has 4 heteroatoms. The van der Waals surface area contributed by atoms with Gasteiger partial charge in [0.1, 0.15) is 12.4 Å². The van der Waals surface area contributed by atoms with Crippen LogP contribution >= 0.6 is 0 Å². The molecule has 1 heterocycles. The Morgan fingerprint density at radius 2 is 2.40 bits per heavy atom. The van der Waals surface area contributed by atoms with Crippen LogP contribution in [0, 0.1) is 0 Å². The third-order valence-electron chi connectivity index (χ3n) is 1.43. The molecule has 10 heavy (non-hydrogen) atoms. The van der Waals surface area contributed by atoms with Crippen molar-refractivity contribution < 1.29 is 14.3 Å². The smallest absolute Gasteiger partial charge is 0.139 e.